The van der Waals surface area contributed by atoms with Gasteiger partial charge in [-0.15, -0.1) is 5.10 Å². The summed E-state index contributed by atoms with van der Waals surface area (Å²) < 4.78 is 0.968. The highest BCUT2D eigenvalue weighted by atomic mass is 16.2. The van der Waals surface area contributed by atoms with E-state index in [0.29, 0.717) is 0 Å². The van der Waals surface area contributed by atoms with Crippen LogP contribution in [0.25, 0.3) is 0 Å². The maximum atomic E-state index is 10.3. The minimum Gasteiger partial charge on any atom is -0.382 e. The first kappa shape index (κ1) is 5.61. The van der Waals surface area contributed by atoms with E-state index in [4.69, 9.17) is 11.5 Å². The van der Waals surface area contributed by atoms with Crippen LogP contribution in [0.15, 0.2) is 12.3 Å². The highest BCUT2D eigenvalue weighted by Gasteiger charge is 1.96. The predicted molar refractivity (Wildman–Crippen MR) is 31.6 cm³/mol. The van der Waals surface area contributed by atoms with Gasteiger partial charge < -0.3 is 11.5 Å². The Balaban J connectivity index is 2.98. The topological polar surface area (TPSA) is 86.9 Å². The minimum atomic E-state index is -0.633. The molecule has 0 saturated heterocycles. The molecular weight excluding hydrogens is 120 g/mol. The zero-order valence-corrected chi connectivity index (χ0v) is 4.61. The number of nitrogens with zero attached hydrogens (tertiary/aromatic N) is 2. The van der Waals surface area contributed by atoms with Gasteiger partial charge in [-0.1, -0.05) is 0 Å². The molecule has 0 aliphatic rings. The van der Waals surface area contributed by atoms with Crippen LogP contribution < -0.4 is 11.5 Å². The molecule has 0 radical (unpaired) electrons. The van der Waals surface area contributed by atoms with Gasteiger partial charge in [0.2, 0.25) is 0 Å². The Kier molecular flexibility index (Phi) is 1.11. The van der Waals surface area contributed by atoms with Crippen LogP contribution in [0.4, 0.5) is 10.6 Å². The van der Waals surface area contributed by atoms with E-state index in [1.165, 1.54) is 12.3 Å². The summed E-state index contributed by atoms with van der Waals surface area (Å²) in [6, 6.07) is 0.858. The van der Waals surface area contributed by atoms with Gasteiger partial charge >= 0.3 is 6.03 Å². The Hall–Kier alpha value is -1.52. The van der Waals surface area contributed by atoms with Gasteiger partial charge in [-0.3, -0.25) is 0 Å². The van der Waals surface area contributed by atoms with Gasteiger partial charge in [-0.2, -0.15) is 4.68 Å². The van der Waals surface area contributed by atoms with E-state index < -0.39 is 6.03 Å². The van der Waals surface area contributed by atoms with Gasteiger partial charge in [0, 0.05) is 12.3 Å². The minimum absolute atomic E-state index is 0.286. The maximum absolute atomic E-state index is 10.3. The van der Waals surface area contributed by atoms with Gasteiger partial charge in [-0.25, -0.2) is 4.79 Å². The highest BCUT2D eigenvalue weighted by molar-refractivity contribution is 5.73. The quantitative estimate of drug-likeness (QED) is 0.486. The fourth-order valence-electron chi connectivity index (χ4n) is 0.461. The summed E-state index contributed by atoms with van der Waals surface area (Å²) >= 11 is 0. The fourth-order valence-corrected chi connectivity index (χ4v) is 0.461. The van der Waals surface area contributed by atoms with E-state index in [1.807, 2.05) is 0 Å². The second-order valence-corrected chi connectivity index (χ2v) is 1.52. The third-order valence-electron chi connectivity index (χ3n) is 0.836. The van der Waals surface area contributed by atoms with Crippen molar-refractivity contribution in [3.8, 4) is 0 Å². The number of nitrogen functional groups attached to an aromatic ring is 1. The van der Waals surface area contributed by atoms with Crippen molar-refractivity contribution >= 4 is 11.8 Å². The lowest BCUT2D eigenvalue weighted by Gasteiger charge is -1.87. The van der Waals surface area contributed by atoms with Crippen molar-refractivity contribution in [1.29, 1.82) is 0 Å². The summed E-state index contributed by atoms with van der Waals surface area (Å²) in [6.07, 6.45) is 1.40. The molecule has 48 valence electrons. The van der Waals surface area contributed by atoms with Gasteiger partial charge in [0.25, 0.3) is 0 Å². The summed E-state index contributed by atoms with van der Waals surface area (Å²) in [4.78, 5) is 10.3. The van der Waals surface area contributed by atoms with Crippen LogP contribution in [0.5, 0.6) is 0 Å². The molecule has 0 atom stereocenters. The van der Waals surface area contributed by atoms with Gasteiger partial charge in [0.15, 0.2) is 0 Å². The summed E-state index contributed by atoms with van der Waals surface area (Å²) in [5, 5.41) is 3.53. The lowest BCUT2D eigenvalue weighted by atomic mass is 10.7. The Morgan fingerprint density at radius 1 is 1.78 bits per heavy atom. The smallest absolute Gasteiger partial charge is 0.339 e. The number of anilines is 1. The average Bonchev–Trinajstić information content (AvgIpc) is 2.14. The normalized spacial score (nSPS) is 9.33. The molecule has 1 rings (SSSR count). The molecule has 0 bridgehead atoms. The molecule has 0 aliphatic carbocycles. The Morgan fingerprint density at radius 2 is 2.44 bits per heavy atom. The number of carbonyl (C=O) groups is 1. The van der Waals surface area contributed by atoms with Crippen molar-refractivity contribution in [2.45, 2.75) is 0 Å². The van der Waals surface area contributed by atoms with Gasteiger partial charge in [0.05, 0.1) is 0 Å². The zero-order valence-electron chi connectivity index (χ0n) is 4.61. The Morgan fingerprint density at radius 3 is 2.67 bits per heavy atom. The lowest BCUT2D eigenvalue weighted by molar-refractivity contribution is 0.248. The first-order valence-electron chi connectivity index (χ1n) is 2.31. The van der Waals surface area contributed by atoms with E-state index in [1.54, 1.807) is 0 Å². The summed E-state index contributed by atoms with van der Waals surface area (Å²) in [6.45, 7) is 0. The third kappa shape index (κ3) is 0.987. The second kappa shape index (κ2) is 1.77. The Labute approximate surface area is 51.2 Å². The molecule has 1 amide bonds. The van der Waals surface area contributed by atoms with Crippen molar-refractivity contribution < 1.29 is 4.79 Å². The molecule has 0 aromatic carbocycles. The van der Waals surface area contributed by atoms with E-state index in [2.05, 4.69) is 5.10 Å². The molecule has 1 heterocycles. The first-order valence-corrected chi connectivity index (χ1v) is 2.31. The van der Waals surface area contributed by atoms with Crippen LogP contribution in [0, 0.1) is 0 Å². The number of hydrogen-bond donors (Lipinski definition) is 2. The molecule has 5 heteroatoms. The molecule has 0 unspecified atom stereocenters. The van der Waals surface area contributed by atoms with Gasteiger partial charge in [-0.05, 0) is 0 Å². The van der Waals surface area contributed by atoms with E-state index in [9.17, 15) is 4.79 Å². The molecule has 4 N–H and O–H groups in total. The average molecular weight is 126 g/mol. The van der Waals surface area contributed by atoms with E-state index in [0.717, 1.165) is 4.68 Å². The molecule has 1 aromatic heterocycles. The second-order valence-electron chi connectivity index (χ2n) is 1.52. The lowest BCUT2D eigenvalue weighted by Crippen LogP contribution is -2.19. The van der Waals surface area contributed by atoms with E-state index in [-0.39, 0.29) is 5.82 Å². The first-order chi connectivity index (χ1) is 4.20. The van der Waals surface area contributed by atoms with Crippen LogP contribution in [-0.2, 0) is 0 Å². The predicted octanol–water partition coefficient (Wildman–Crippen LogP) is -0.608. The van der Waals surface area contributed by atoms with Crippen molar-refractivity contribution in [3.05, 3.63) is 12.3 Å². The van der Waals surface area contributed by atoms with Crippen LogP contribution in [0.1, 0.15) is 0 Å². The largest absolute Gasteiger partial charge is 0.382 e. The van der Waals surface area contributed by atoms with Crippen LogP contribution in [0.3, 0.4) is 0 Å². The monoisotopic (exact) mass is 126 g/mol. The molecule has 1 aromatic rings. The SMILES string of the molecule is NC(=O)n1ccc(N)n1. The molecular formula is C4H6N4O. The molecule has 9 heavy (non-hydrogen) atoms. The number of rotatable bonds is 0. The van der Waals surface area contributed by atoms with Crippen molar-refractivity contribution in [1.82, 2.24) is 9.78 Å². The number of hydrogen-bond acceptors (Lipinski definition) is 3. The van der Waals surface area contributed by atoms with Crippen LogP contribution >= 0.6 is 0 Å². The Bertz CT molecular complexity index is 228. The maximum Gasteiger partial charge on any atom is 0.339 e. The number of carbonyl (C=O) groups excluding carboxylic acids is 1. The molecule has 0 fully saturated rings. The van der Waals surface area contributed by atoms with Gasteiger partial charge in [0.1, 0.15) is 5.82 Å². The number of nitrogens with two attached hydrogens (primary N) is 2. The van der Waals surface area contributed by atoms with Crippen LogP contribution in [-0.4, -0.2) is 15.8 Å². The highest BCUT2D eigenvalue weighted by Crippen LogP contribution is 1.92. The van der Waals surface area contributed by atoms with Crippen molar-refractivity contribution in [3.63, 3.8) is 0 Å². The molecule has 5 nitrogen and oxygen atoms in total. The third-order valence-corrected chi connectivity index (χ3v) is 0.836. The van der Waals surface area contributed by atoms with Crippen LogP contribution in [0.2, 0.25) is 0 Å². The molecule has 0 aliphatic heterocycles. The standard InChI is InChI=1S/C4H6N4O/c5-3-1-2-8(7-3)4(6)9/h1-2H,(H2,5,7)(H2,6,9). The van der Waals surface area contributed by atoms with Crippen molar-refractivity contribution in [2.75, 3.05) is 5.73 Å². The summed E-state index contributed by atoms with van der Waals surface area (Å²) in [7, 11) is 0. The number of primary amides is 1. The molecule has 0 saturated carbocycles. The summed E-state index contributed by atoms with van der Waals surface area (Å²) in [5.41, 5.74) is 10.0. The van der Waals surface area contributed by atoms with E-state index >= 15 is 0 Å². The number of amides is 1. The number of aromatic nitrogens is 2. The summed E-state index contributed by atoms with van der Waals surface area (Å²) in [5.74, 6) is 0.286. The molecule has 0 spiro atoms. The zero-order chi connectivity index (χ0) is 6.85. The fraction of sp³-hybridized carbons (Fsp3) is 0. The van der Waals surface area contributed by atoms with Crippen molar-refractivity contribution in [2.24, 2.45) is 5.73 Å².